The molecule has 1 heterocycles. The maximum absolute atomic E-state index is 13.0. The lowest BCUT2D eigenvalue weighted by molar-refractivity contribution is 0.400. The monoisotopic (exact) mass is 178 g/mol. The average Bonchev–Trinajstić information content (AvgIpc) is 2.49. The van der Waals surface area contributed by atoms with Gasteiger partial charge in [0.25, 0.3) is 0 Å². The summed E-state index contributed by atoms with van der Waals surface area (Å²) in [6, 6.07) is 9.58. The molecule has 3 heteroatoms. The number of nitrogens with two attached hydrogens (primary N) is 1. The van der Waals surface area contributed by atoms with Crippen molar-refractivity contribution in [2.24, 2.45) is 10.7 Å². The molecule has 0 radical (unpaired) electrons. The molecule has 0 saturated carbocycles. The molecule has 2 N–H and O–H groups in total. The molecule has 68 valence electrons. The largest absolute Gasteiger partial charge is 0.385 e. The van der Waals surface area contributed by atoms with E-state index in [1.54, 1.807) is 0 Å². The van der Waals surface area contributed by atoms with Crippen LogP contribution in [0.1, 0.15) is 18.0 Å². The van der Waals surface area contributed by atoms with Crippen LogP contribution in [0.25, 0.3) is 0 Å². The highest BCUT2D eigenvalue weighted by Crippen LogP contribution is 2.28. The molecule has 0 fully saturated rings. The predicted octanol–water partition coefficient (Wildman–Crippen LogP) is 1.83. The summed E-state index contributed by atoms with van der Waals surface area (Å²) >= 11 is 0. The van der Waals surface area contributed by atoms with E-state index in [0.29, 0.717) is 6.42 Å². The van der Waals surface area contributed by atoms with Gasteiger partial charge in [0.2, 0.25) is 0 Å². The topological polar surface area (TPSA) is 38.4 Å². The van der Waals surface area contributed by atoms with E-state index in [-0.39, 0.29) is 11.9 Å². The molecule has 2 atom stereocenters. The number of hydrogen-bond acceptors (Lipinski definition) is 2. The van der Waals surface area contributed by atoms with Crippen LogP contribution in [0.4, 0.5) is 4.39 Å². The van der Waals surface area contributed by atoms with E-state index in [1.807, 2.05) is 30.3 Å². The fraction of sp³-hybridized carbons (Fsp3) is 0.300. The zero-order valence-corrected chi connectivity index (χ0v) is 7.15. The van der Waals surface area contributed by atoms with Crippen molar-refractivity contribution in [3.05, 3.63) is 35.9 Å². The van der Waals surface area contributed by atoms with Gasteiger partial charge < -0.3 is 5.73 Å². The standard InChI is InChI=1S/C10H11FN2/c11-8-6-9(13-10(8)12)7-4-2-1-3-5-7/h1-5,8-9H,6H2,(H2,12,13)/t8-,9+/m1/s1. The SMILES string of the molecule is NC1=N[C@H](c2ccccc2)C[C@H]1F. The number of benzene rings is 1. The summed E-state index contributed by atoms with van der Waals surface area (Å²) in [7, 11) is 0. The highest BCUT2D eigenvalue weighted by atomic mass is 19.1. The molecular formula is C10H11FN2. The molecule has 2 rings (SSSR count). The van der Waals surface area contributed by atoms with Crippen molar-refractivity contribution in [3.8, 4) is 0 Å². The van der Waals surface area contributed by atoms with Crippen LogP contribution in [-0.2, 0) is 0 Å². The zero-order valence-electron chi connectivity index (χ0n) is 7.15. The summed E-state index contributed by atoms with van der Waals surface area (Å²) in [5.41, 5.74) is 6.41. The van der Waals surface area contributed by atoms with Gasteiger partial charge in [-0.3, -0.25) is 4.99 Å². The van der Waals surface area contributed by atoms with Gasteiger partial charge in [0.1, 0.15) is 5.84 Å². The molecular weight excluding hydrogens is 167 g/mol. The Hall–Kier alpha value is -1.38. The number of halogens is 1. The molecule has 13 heavy (non-hydrogen) atoms. The summed E-state index contributed by atoms with van der Waals surface area (Å²) < 4.78 is 13.0. The Bertz CT molecular complexity index is 321. The zero-order chi connectivity index (χ0) is 9.26. The van der Waals surface area contributed by atoms with Gasteiger partial charge in [-0.1, -0.05) is 30.3 Å². The van der Waals surface area contributed by atoms with Gasteiger partial charge in [-0.15, -0.1) is 0 Å². The summed E-state index contributed by atoms with van der Waals surface area (Å²) in [5, 5.41) is 0. The van der Waals surface area contributed by atoms with E-state index in [0.717, 1.165) is 5.56 Å². The molecule has 0 bridgehead atoms. The Morgan fingerprint density at radius 2 is 2.00 bits per heavy atom. The minimum atomic E-state index is -1.06. The fourth-order valence-electron chi connectivity index (χ4n) is 1.52. The molecule has 2 nitrogen and oxygen atoms in total. The van der Waals surface area contributed by atoms with Gasteiger partial charge in [-0.25, -0.2) is 4.39 Å². The van der Waals surface area contributed by atoms with Gasteiger partial charge >= 0.3 is 0 Å². The van der Waals surface area contributed by atoms with Crippen LogP contribution in [0.2, 0.25) is 0 Å². The molecule has 1 aliphatic rings. The van der Waals surface area contributed by atoms with Crippen molar-refractivity contribution in [1.82, 2.24) is 0 Å². The van der Waals surface area contributed by atoms with Crippen LogP contribution in [0, 0.1) is 0 Å². The second kappa shape index (κ2) is 3.17. The van der Waals surface area contributed by atoms with Crippen LogP contribution < -0.4 is 5.73 Å². The van der Waals surface area contributed by atoms with E-state index in [4.69, 9.17) is 5.73 Å². The van der Waals surface area contributed by atoms with Gasteiger partial charge in [-0.2, -0.15) is 0 Å². The van der Waals surface area contributed by atoms with Crippen LogP contribution >= 0.6 is 0 Å². The van der Waals surface area contributed by atoms with Crippen molar-refractivity contribution in [3.63, 3.8) is 0 Å². The van der Waals surface area contributed by atoms with Crippen molar-refractivity contribution in [2.45, 2.75) is 18.6 Å². The number of aliphatic imine (C=N–C) groups is 1. The molecule has 1 aliphatic heterocycles. The van der Waals surface area contributed by atoms with Crippen molar-refractivity contribution in [1.29, 1.82) is 0 Å². The lowest BCUT2D eigenvalue weighted by atomic mass is 10.0. The number of rotatable bonds is 1. The second-order valence-corrected chi connectivity index (χ2v) is 3.18. The third-order valence-electron chi connectivity index (χ3n) is 2.24. The Balaban J connectivity index is 2.22. The van der Waals surface area contributed by atoms with Gasteiger partial charge in [-0.05, 0) is 5.56 Å². The van der Waals surface area contributed by atoms with E-state index in [1.165, 1.54) is 0 Å². The minimum absolute atomic E-state index is 0.0869. The minimum Gasteiger partial charge on any atom is -0.385 e. The Kier molecular flexibility index (Phi) is 2.00. The number of hydrogen-bond donors (Lipinski definition) is 1. The third kappa shape index (κ3) is 1.54. The van der Waals surface area contributed by atoms with Crippen LogP contribution in [0.15, 0.2) is 35.3 Å². The quantitative estimate of drug-likeness (QED) is 0.700. The molecule has 0 unspecified atom stereocenters. The summed E-state index contributed by atoms with van der Waals surface area (Å²) in [6.07, 6.45) is -0.680. The maximum atomic E-state index is 13.0. The summed E-state index contributed by atoms with van der Waals surface area (Å²) in [5.74, 6) is 0.133. The first-order valence-electron chi connectivity index (χ1n) is 4.29. The Labute approximate surface area is 76.3 Å². The van der Waals surface area contributed by atoms with Crippen LogP contribution in [0.3, 0.4) is 0 Å². The first-order valence-corrected chi connectivity index (χ1v) is 4.29. The summed E-state index contributed by atoms with van der Waals surface area (Å²) in [4.78, 5) is 4.06. The van der Waals surface area contributed by atoms with Crippen molar-refractivity contribution < 1.29 is 4.39 Å². The van der Waals surface area contributed by atoms with E-state index >= 15 is 0 Å². The van der Waals surface area contributed by atoms with Crippen LogP contribution in [0.5, 0.6) is 0 Å². The fourth-order valence-corrected chi connectivity index (χ4v) is 1.52. The molecule has 1 aromatic rings. The summed E-state index contributed by atoms with van der Waals surface area (Å²) in [6.45, 7) is 0. The smallest absolute Gasteiger partial charge is 0.159 e. The number of alkyl halides is 1. The third-order valence-corrected chi connectivity index (χ3v) is 2.24. The predicted molar refractivity (Wildman–Crippen MR) is 50.3 cm³/mol. The van der Waals surface area contributed by atoms with E-state index in [2.05, 4.69) is 4.99 Å². The molecule has 0 aliphatic carbocycles. The molecule has 0 aromatic heterocycles. The maximum Gasteiger partial charge on any atom is 0.159 e. The first kappa shape index (κ1) is 8.23. The van der Waals surface area contributed by atoms with E-state index < -0.39 is 6.17 Å². The average molecular weight is 178 g/mol. The molecule has 0 saturated heterocycles. The van der Waals surface area contributed by atoms with Gasteiger partial charge in [0.05, 0.1) is 6.04 Å². The highest BCUT2D eigenvalue weighted by Gasteiger charge is 2.26. The Morgan fingerprint density at radius 3 is 2.54 bits per heavy atom. The van der Waals surface area contributed by atoms with Gasteiger partial charge in [0.15, 0.2) is 6.17 Å². The number of amidine groups is 1. The van der Waals surface area contributed by atoms with Gasteiger partial charge in [0, 0.05) is 6.42 Å². The second-order valence-electron chi connectivity index (χ2n) is 3.18. The first-order chi connectivity index (χ1) is 6.27. The Morgan fingerprint density at radius 1 is 1.31 bits per heavy atom. The molecule has 0 amide bonds. The highest BCUT2D eigenvalue weighted by molar-refractivity contribution is 5.86. The van der Waals surface area contributed by atoms with Crippen molar-refractivity contribution in [2.75, 3.05) is 0 Å². The lowest BCUT2D eigenvalue weighted by Crippen LogP contribution is -2.19. The van der Waals surface area contributed by atoms with Crippen LogP contribution in [-0.4, -0.2) is 12.0 Å². The normalized spacial score (nSPS) is 27.3. The molecule has 0 spiro atoms. The van der Waals surface area contributed by atoms with Crippen molar-refractivity contribution >= 4 is 5.84 Å². The molecule has 1 aromatic carbocycles. The van der Waals surface area contributed by atoms with E-state index in [9.17, 15) is 4.39 Å². The lowest BCUT2D eigenvalue weighted by Gasteiger charge is -2.05. The number of nitrogens with zero attached hydrogens (tertiary/aromatic N) is 1.